The van der Waals surface area contributed by atoms with Gasteiger partial charge < -0.3 is 10.4 Å². The number of carbonyl (C=O) groups excluding carboxylic acids is 1. The molecule has 0 aliphatic heterocycles. The van der Waals surface area contributed by atoms with E-state index in [-0.39, 0.29) is 19.0 Å². The van der Waals surface area contributed by atoms with Crippen LogP contribution in [-0.2, 0) is 16.0 Å². The van der Waals surface area contributed by atoms with E-state index in [1.807, 2.05) is 18.2 Å². The SMILES string of the molecule is C=CCN(CC(=O)O)CC(=O)NCCc1cccc(Cl)c1. The third-order valence-corrected chi connectivity index (χ3v) is 2.97. The fourth-order valence-electron chi connectivity index (χ4n) is 1.86. The van der Waals surface area contributed by atoms with E-state index in [0.717, 1.165) is 5.56 Å². The minimum absolute atomic E-state index is 0.0356. The molecule has 0 unspecified atom stereocenters. The van der Waals surface area contributed by atoms with E-state index in [1.165, 1.54) is 4.90 Å². The summed E-state index contributed by atoms with van der Waals surface area (Å²) in [5.74, 6) is -1.18. The average molecular weight is 311 g/mol. The van der Waals surface area contributed by atoms with E-state index < -0.39 is 5.97 Å². The second-order valence-electron chi connectivity index (χ2n) is 4.58. The van der Waals surface area contributed by atoms with E-state index in [1.54, 1.807) is 12.1 Å². The first-order valence-corrected chi connectivity index (χ1v) is 6.95. The van der Waals surface area contributed by atoms with Crippen molar-refractivity contribution in [1.82, 2.24) is 10.2 Å². The van der Waals surface area contributed by atoms with Crippen molar-refractivity contribution in [3.05, 3.63) is 47.5 Å². The van der Waals surface area contributed by atoms with Gasteiger partial charge in [-0.05, 0) is 24.1 Å². The van der Waals surface area contributed by atoms with Crippen molar-refractivity contribution in [3.63, 3.8) is 0 Å². The van der Waals surface area contributed by atoms with Crippen molar-refractivity contribution in [2.45, 2.75) is 6.42 Å². The minimum Gasteiger partial charge on any atom is -0.480 e. The predicted molar refractivity (Wildman–Crippen MR) is 82.4 cm³/mol. The van der Waals surface area contributed by atoms with Crippen molar-refractivity contribution >= 4 is 23.5 Å². The molecule has 0 aliphatic rings. The lowest BCUT2D eigenvalue weighted by Crippen LogP contribution is -2.40. The lowest BCUT2D eigenvalue weighted by atomic mass is 10.1. The molecule has 1 amide bonds. The van der Waals surface area contributed by atoms with Gasteiger partial charge in [0.1, 0.15) is 0 Å². The Morgan fingerprint density at radius 2 is 2.14 bits per heavy atom. The van der Waals surface area contributed by atoms with Gasteiger partial charge in [-0.3, -0.25) is 14.5 Å². The predicted octanol–water partition coefficient (Wildman–Crippen LogP) is 1.57. The molecule has 1 aromatic carbocycles. The molecule has 0 saturated carbocycles. The van der Waals surface area contributed by atoms with Gasteiger partial charge >= 0.3 is 5.97 Å². The zero-order valence-electron chi connectivity index (χ0n) is 11.7. The summed E-state index contributed by atoms with van der Waals surface area (Å²) in [5, 5.41) is 12.2. The van der Waals surface area contributed by atoms with E-state index in [9.17, 15) is 9.59 Å². The number of hydrogen-bond acceptors (Lipinski definition) is 3. The van der Waals surface area contributed by atoms with Crippen LogP contribution in [0.2, 0.25) is 5.02 Å². The van der Waals surface area contributed by atoms with Crippen molar-refractivity contribution in [2.24, 2.45) is 0 Å². The monoisotopic (exact) mass is 310 g/mol. The quantitative estimate of drug-likeness (QED) is 0.679. The number of nitrogens with zero attached hydrogens (tertiary/aromatic N) is 1. The molecule has 21 heavy (non-hydrogen) atoms. The van der Waals surface area contributed by atoms with Crippen LogP contribution in [0.4, 0.5) is 0 Å². The third-order valence-electron chi connectivity index (χ3n) is 2.74. The van der Waals surface area contributed by atoms with Gasteiger partial charge in [-0.15, -0.1) is 6.58 Å². The first kappa shape index (κ1) is 17.2. The van der Waals surface area contributed by atoms with Gasteiger partial charge in [0.15, 0.2) is 0 Å². The molecule has 0 spiro atoms. The average Bonchev–Trinajstić information content (AvgIpc) is 2.38. The summed E-state index contributed by atoms with van der Waals surface area (Å²) in [4.78, 5) is 23.9. The summed E-state index contributed by atoms with van der Waals surface area (Å²) in [6, 6.07) is 7.44. The van der Waals surface area contributed by atoms with Gasteiger partial charge in [-0.2, -0.15) is 0 Å². The maximum absolute atomic E-state index is 11.8. The van der Waals surface area contributed by atoms with Gasteiger partial charge in [0.2, 0.25) is 5.91 Å². The molecular weight excluding hydrogens is 292 g/mol. The van der Waals surface area contributed by atoms with E-state index in [4.69, 9.17) is 16.7 Å². The van der Waals surface area contributed by atoms with E-state index in [2.05, 4.69) is 11.9 Å². The molecule has 2 N–H and O–H groups in total. The van der Waals surface area contributed by atoms with Crippen LogP contribution in [0, 0.1) is 0 Å². The maximum Gasteiger partial charge on any atom is 0.317 e. The number of carbonyl (C=O) groups is 2. The number of benzene rings is 1. The Kier molecular flexibility index (Phi) is 7.50. The number of carboxylic acids is 1. The zero-order valence-corrected chi connectivity index (χ0v) is 12.5. The molecule has 1 aromatic rings. The molecule has 114 valence electrons. The molecule has 0 saturated heterocycles. The summed E-state index contributed by atoms with van der Waals surface area (Å²) in [6.07, 6.45) is 2.24. The summed E-state index contributed by atoms with van der Waals surface area (Å²) in [7, 11) is 0. The normalized spacial score (nSPS) is 10.4. The Morgan fingerprint density at radius 3 is 2.76 bits per heavy atom. The molecule has 5 nitrogen and oxygen atoms in total. The molecule has 0 bridgehead atoms. The van der Waals surface area contributed by atoms with Crippen LogP contribution >= 0.6 is 11.6 Å². The molecular formula is C15H19ClN2O3. The van der Waals surface area contributed by atoms with Crippen LogP contribution < -0.4 is 5.32 Å². The van der Waals surface area contributed by atoms with Crippen molar-refractivity contribution in [2.75, 3.05) is 26.2 Å². The van der Waals surface area contributed by atoms with Gasteiger partial charge in [0.25, 0.3) is 0 Å². The number of aliphatic carboxylic acids is 1. The Labute approximate surface area is 129 Å². The number of nitrogens with one attached hydrogen (secondary N) is 1. The number of halogens is 1. The molecule has 0 fully saturated rings. The standard InChI is InChI=1S/C15H19ClN2O3/c1-2-8-18(11-15(20)21)10-14(19)17-7-6-12-4-3-5-13(16)9-12/h2-5,9H,1,6-8,10-11H2,(H,17,19)(H,20,21). The van der Waals surface area contributed by atoms with Gasteiger partial charge in [-0.1, -0.05) is 29.8 Å². The summed E-state index contributed by atoms with van der Waals surface area (Å²) < 4.78 is 0. The fourth-order valence-corrected chi connectivity index (χ4v) is 2.07. The van der Waals surface area contributed by atoms with Crippen LogP contribution in [0.25, 0.3) is 0 Å². The summed E-state index contributed by atoms with van der Waals surface area (Å²) in [6.45, 7) is 4.23. The van der Waals surface area contributed by atoms with Gasteiger partial charge in [0, 0.05) is 18.1 Å². The van der Waals surface area contributed by atoms with Crippen molar-refractivity contribution in [3.8, 4) is 0 Å². The van der Waals surface area contributed by atoms with Crippen LogP contribution in [0.15, 0.2) is 36.9 Å². The van der Waals surface area contributed by atoms with Crippen LogP contribution in [0.3, 0.4) is 0 Å². The van der Waals surface area contributed by atoms with Gasteiger partial charge in [0.05, 0.1) is 13.1 Å². The Hall–Kier alpha value is -1.85. The highest BCUT2D eigenvalue weighted by molar-refractivity contribution is 6.30. The molecule has 0 aliphatic carbocycles. The Morgan fingerprint density at radius 1 is 1.38 bits per heavy atom. The minimum atomic E-state index is -0.969. The van der Waals surface area contributed by atoms with E-state index in [0.29, 0.717) is 24.5 Å². The van der Waals surface area contributed by atoms with Crippen molar-refractivity contribution < 1.29 is 14.7 Å². The lowest BCUT2D eigenvalue weighted by Gasteiger charge is -2.17. The zero-order chi connectivity index (χ0) is 15.7. The topological polar surface area (TPSA) is 69.6 Å². The summed E-state index contributed by atoms with van der Waals surface area (Å²) >= 11 is 5.88. The highest BCUT2D eigenvalue weighted by Gasteiger charge is 2.12. The first-order valence-electron chi connectivity index (χ1n) is 6.57. The summed E-state index contributed by atoms with van der Waals surface area (Å²) in [5.41, 5.74) is 1.04. The van der Waals surface area contributed by atoms with Crippen molar-refractivity contribution in [1.29, 1.82) is 0 Å². The maximum atomic E-state index is 11.8. The second kappa shape index (κ2) is 9.15. The highest BCUT2D eigenvalue weighted by Crippen LogP contribution is 2.10. The fraction of sp³-hybridized carbons (Fsp3) is 0.333. The third kappa shape index (κ3) is 7.48. The molecule has 0 radical (unpaired) electrons. The van der Waals surface area contributed by atoms with Crippen LogP contribution in [0.1, 0.15) is 5.56 Å². The lowest BCUT2D eigenvalue weighted by molar-refractivity contribution is -0.138. The number of hydrogen-bond donors (Lipinski definition) is 2. The number of amides is 1. The first-order chi connectivity index (χ1) is 10.0. The van der Waals surface area contributed by atoms with Crippen LogP contribution in [-0.4, -0.2) is 48.1 Å². The van der Waals surface area contributed by atoms with E-state index >= 15 is 0 Å². The molecule has 6 heteroatoms. The molecule has 0 aromatic heterocycles. The molecule has 0 heterocycles. The van der Waals surface area contributed by atoms with Crippen LogP contribution in [0.5, 0.6) is 0 Å². The molecule has 1 rings (SSSR count). The second-order valence-corrected chi connectivity index (χ2v) is 5.02. The Bertz CT molecular complexity index is 505. The van der Waals surface area contributed by atoms with Gasteiger partial charge in [-0.25, -0.2) is 0 Å². The molecule has 0 atom stereocenters. The smallest absolute Gasteiger partial charge is 0.317 e. The Balaban J connectivity index is 2.35. The number of rotatable bonds is 9. The highest BCUT2D eigenvalue weighted by atomic mass is 35.5. The largest absolute Gasteiger partial charge is 0.480 e. The number of carboxylic acid groups (broad SMARTS) is 1.